The molecular formula is C22H22N2O2. The number of hydrogen-bond donors (Lipinski definition) is 1. The second kappa shape index (κ2) is 5.44. The van der Waals surface area contributed by atoms with Gasteiger partial charge in [-0.05, 0) is 71.7 Å². The number of benzene rings is 2. The van der Waals surface area contributed by atoms with Crippen molar-refractivity contribution >= 4 is 17.8 Å². The minimum Gasteiger partial charge on any atom is -0.508 e. The van der Waals surface area contributed by atoms with Crippen molar-refractivity contribution in [1.29, 1.82) is 0 Å². The van der Waals surface area contributed by atoms with E-state index in [-0.39, 0.29) is 17.4 Å². The molecule has 2 unspecified atom stereocenters. The van der Waals surface area contributed by atoms with E-state index >= 15 is 0 Å². The summed E-state index contributed by atoms with van der Waals surface area (Å²) in [6, 6.07) is 11.8. The molecule has 2 aliphatic heterocycles. The van der Waals surface area contributed by atoms with Gasteiger partial charge in [0.25, 0.3) is 5.91 Å². The van der Waals surface area contributed by atoms with Gasteiger partial charge in [0.15, 0.2) is 0 Å². The van der Waals surface area contributed by atoms with Crippen molar-refractivity contribution in [3.63, 3.8) is 0 Å². The maximum absolute atomic E-state index is 13.2. The van der Waals surface area contributed by atoms with Gasteiger partial charge in [-0.1, -0.05) is 13.0 Å². The molecule has 1 aliphatic carbocycles. The third kappa shape index (κ3) is 2.28. The number of aromatic hydroxyl groups is 1. The summed E-state index contributed by atoms with van der Waals surface area (Å²) in [6.45, 7) is 3.04. The molecule has 1 saturated heterocycles. The van der Waals surface area contributed by atoms with Crippen molar-refractivity contribution in [3.8, 4) is 5.75 Å². The molecule has 26 heavy (non-hydrogen) atoms. The van der Waals surface area contributed by atoms with E-state index in [9.17, 15) is 9.90 Å². The van der Waals surface area contributed by atoms with Crippen LogP contribution in [0.2, 0.25) is 0 Å². The molecule has 1 amide bonds. The topological polar surface area (TPSA) is 52.9 Å². The molecule has 132 valence electrons. The molecule has 4 nitrogen and oxygen atoms in total. The fourth-order valence-electron chi connectivity index (χ4n) is 4.95. The summed E-state index contributed by atoms with van der Waals surface area (Å²) in [5, 5.41) is 9.89. The number of fused-ring (bicyclic) bond motifs is 5. The molecule has 4 heteroatoms. The zero-order valence-electron chi connectivity index (χ0n) is 14.9. The van der Waals surface area contributed by atoms with Crippen LogP contribution in [-0.2, 0) is 18.3 Å². The molecule has 1 fully saturated rings. The number of hydrogen-bond acceptors (Lipinski definition) is 3. The third-order valence-electron chi connectivity index (χ3n) is 6.36. The predicted octanol–water partition coefficient (Wildman–Crippen LogP) is 3.77. The first kappa shape index (κ1) is 15.6. The van der Waals surface area contributed by atoms with Crippen molar-refractivity contribution in [2.24, 2.45) is 4.99 Å². The molecule has 0 saturated carbocycles. The SMILES string of the molecule is CC12CCN(C(=O)c3ccc4c(c3)CC=N4)C(Cc3ccc(O)cc31)C2. The zero-order valence-corrected chi connectivity index (χ0v) is 14.9. The van der Waals surface area contributed by atoms with E-state index in [0.717, 1.165) is 49.0 Å². The number of rotatable bonds is 1. The number of carbonyl (C=O) groups is 1. The molecular weight excluding hydrogens is 324 g/mol. The van der Waals surface area contributed by atoms with Gasteiger partial charge < -0.3 is 10.0 Å². The van der Waals surface area contributed by atoms with E-state index in [1.54, 1.807) is 6.07 Å². The van der Waals surface area contributed by atoms with E-state index in [0.29, 0.717) is 5.75 Å². The Morgan fingerprint density at radius 2 is 2.12 bits per heavy atom. The van der Waals surface area contributed by atoms with Crippen molar-refractivity contribution in [2.75, 3.05) is 6.54 Å². The Kier molecular flexibility index (Phi) is 3.27. The average Bonchev–Trinajstić information content (AvgIpc) is 3.10. The molecule has 0 radical (unpaired) electrons. The van der Waals surface area contributed by atoms with Gasteiger partial charge in [-0.2, -0.15) is 0 Å². The second-order valence-electron chi connectivity index (χ2n) is 8.07. The number of piperidine rings is 1. The molecule has 3 aliphatic rings. The highest BCUT2D eigenvalue weighted by molar-refractivity contribution is 5.96. The van der Waals surface area contributed by atoms with Crippen molar-refractivity contribution in [3.05, 3.63) is 58.7 Å². The van der Waals surface area contributed by atoms with Gasteiger partial charge in [0.05, 0.1) is 5.69 Å². The lowest BCUT2D eigenvalue weighted by atomic mass is 9.65. The Hall–Kier alpha value is -2.62. The predicted molar refractivity (Wildman–Crippen MR) is 102 cm³/mol. The number of phenolic OH excluding ortho intramolecular Hbond substituents is 1. The smallest absolute Gasteiger partial charge is 0.254 e. The molecule has 2 bridgehead atoms. The Bertz CT molecular complexity index is 949. The maximum Gasteiger partial charge on any atom is 0.254 e. The quantitative estimate of drug-likeness (QED) is 0.854. The number of phenols is 1. The second-order valence-corrected chi connectivity index (χ2v) is 8.07. The Morgan fingerprint density at radius 3 is 3.00 bits per heavy atom. The van der Waals surface area contributed by atoms with Crippen LogP contribution in [0.3, 0.4) is 0 Å². The minimum atomic E-state index is 0.0412. The number of nitrogens with zero attached hydrogens (tertiary/aromatic N) is 2. The van der Waals surface area contributed by atoms with E-state index in [4.69, 9.17) is 0 Å². The summed E-state index contributed by atoms with van der Waals surface area (Å²) in [6.07, 6.45) is 5.47. The first-order valence-electron chi connectivity index (χ1n) is 9.32. The lowest BCUT2D eigenvalue weighted by Crippen LogP contribution is -2.54. The molecule has 2 aromatic rings. The third-order valence-corrected chi connectivity index (χ3v) is 6.36. The van der Waals surface area contributed by atoms with Crippen LogP contribution in [0, 0.1) is 0 Å². The first-order valence-corrected chi connectivity index (χ1v) is 9.32. The molecule has 0 aromatic heterocycles. The van der Waals surface area contributed by atoms with Gasteiger partial charge in [0.2, 0.25) is 0 Å². The van der Waals surface area contributed by atoms with Crippen LogP contribution in [-0.4, -0.2) is 34.7 Å². The molecule has 2 aromatic carbocycles. The van der Waals surface area contributed by atoms with Gasteiger partial charge in [-0.3, -0.25) is 9.79 Å². The van der Waals surface area contributed by atoms with Gasteiger partial charge in [-0.15, -0.1) is 0 Å². The van der Waals surface area contributed by atoms with Crippen LogP contribution in [0.5, 0.6) is 5.75 Å². The highest BCUT2D eigenvalue weighted by atomic mass is 16.3. The fraction of sp³-hybridized carbons (Fsp3) is 0.364. The van der Waals surface area contributed by atoms with E-state index in [1.807, 2.05) is 36.5 Å². The maximum atomic E-state index is 13.2. The molecule has 2 atom stereocenters. The highest BCUT2D eigenvalue weighted by Crippen LogP contribution is 2.46. The molecule has 5 rings (SSSR count). The molecule has 2 heterocycles. The van der Waals surface area contributed by atoms with E-state index < -0.39 is 0 Å². The van der Waals surface area contributed by atoms with Crippen LogP contribution in [0.4, 0.5) is 5.69 Å². The Labute approximate surface area is 153 Å². The summed E-state index contributed by atoms with van der Waals surface area (Å²) in [4.78, 5) is 19.6. The van der Waals surface area contributed by atoms with Crippen molar-refractivity contribution in [2.45, 2.75) is 44.1 Å². The average molecular weight is 346 g/mol. The highest BCUT2D eigenvalue weighted by Gasteiger charge is 2.44. The van der Waals surface area contributed by atoms with Gasteiger partial charge >= 0.3 is 0 Å². The molecule has 1 N–H and O–H groups in total. The van der Waals surface area contributed by atoms with Crippen LogP contribution in [0.1, 0.15) is 46.8 Å². The summed E-state index contributed by atoms with van der Waals surface area (Å²) in [7, 11) is 0. The summed E-state index contributed by atoms with van der Waals surface area (Å²) >= 11 is 0. The zero-order chi connectivity index (χ0) is 17.9. The minimum absolute atomic E-state index is 0.0412. The van der Waals surface area contributed by atoms with E-state index in [2.05, 4.69) is 16.8 Å². The fourth-order valence-corrected chi connectivity index (χ4v) is 4.95. The summed E-state index contributed by atoms with van der Waals surface area (Å²) in [5.41, 5.74) is 5.46. The number of aliphatic imine (C=N–C) groups is 1. The van der Waals surface area contributed by atoms with Gasteiger partial charge in [0.1, 0.15) is 5.75 Å². The lowest BCUT2D eigenvalue weighted by molar-refractivity contribution is 0.0489. The Balaban J connectivity index is 1.46. The first-order chi connectivity index (χ1) is 12.5. The summed E-state index contributed by atoms with van der Waals surface area (Å²) < 4.78 is 0. The standard InChI is InChI=1S/C22H22N2O2/c1-22-7-9-24(17(13-22)11-14-2-4-18(25)12-19(14)22)21(26)16-3-5-20-15(10-16)6-8-23-20/h2-5,8,10,12,17,25H,6-7,9,11,13H2,1H3. The van der Waals surface area contributed by atoms with Crippen LogP contribution < -0.4 is 0 Å². The van der Waals surface area contributed by atoms with Gasteiger partial charge in [-0.25, -0.2) is 0 Å². The largest absolute Gasteiger partial charge is 0.508 e. The number of likely N-dealkylation sites (tertiary alicyclic amines) is 1. The molecule has 0 spiro atoms. The summed E-state index contributed by atoms with van der Waals surface area (Å²) in [5.74, 6) is 0.469. The van der Waals surface area contributed by atoms with Crippen molar-refractivity contribution in [1.82, 2.24) is 4.90 Å². The van der Waals surface area contributed by atoms with Crippen LogP contribution in [0.25, 0.3) is 0 Å². The normalized spacial score (nSPS) is 25.7. The van der Waals surface area contributed by atoms with Crippen LogP contribution >= 0.6 is 0 Å². The van der Waals surface area contributed by atoms with Crippen molar-refractivity contribution < 1.29 is 9.90 Å². The number of amides is 1. The van der Waals surface area contributed by atoms with Gasteiger partial charge in [0, 0.05) is 30.8 Å². The van der Waals surface area contributed by atoms with Crippen LogP contribution in [0.15, 0.2) is 41.4 Å². The lowest BCUT2D eigenvalue weighted by Gasteiger charge is -2.49. The Morgan fingerprint density at radius 1 is 1.23 bits per heavy atom. The number of carbonyl (C=O) groups excluding carboxylic acids is 1. The van der Waals surface area contributed by atoms with E-state index in [1.165, 1.54) is 11.1 Å². The monoisotopic (exact) mass is 346 g/mol.